The van der Waals surface area contributed by atoms with Crippen LogP contribution in [0.15, 0.2) is 23.0 Å². The molecule has 140 valence electrons. The van der Waals surface area contributed by atoms with Gasteiger partial charge in [-0.3, -0.25) is 4.79 Å². The number of thiophene rings is 1. The zero-order valence-electron chi connectivity index (χ0n) is 15.2. The van der Waals surface area contributed by atoms with Crippen molar-refractivity contribution in [1.29, 1.82) is 0 Å². The van der Waals surface area contributed by atoms with Crippen molar-refractivity contribution in [3.8, 4) is 11.5 Å². The molecule has 1 aliphatic rings. The summed E-state index contributed by atoms with van der Waals surface area (Å²) in [6, 6.07) is 5.15. The lowest BCUT2D eigenvalue weighted by Crippen LogP contribution is -2.10. The summed E-state index contributed by atoms with van der Waals surface area (Å²) < 4.78 is 5.41. The van der Waals surface area contributed by atoms with E-state index in [1.54, 1.807) is 35.6 Å². The summed E-state index contributed by atoms with van der Waals surface area (Å²) in [5, 5.41) is 10.6. The minimum Gasteiger partial charge on any atom is -0.504 e. The number of H-pyrrole nitrogens is 1. The number of aryl methyl sites for hydroxylation is 2. The topological polar surface area (TPSA) is 75.2 Å². The van der Waals surface area contributed by atoms with Crippen LogP contribution in [0.2, 0.25) is 0 Å². The van der Waals surface area contributed by atoms with E-state index >= 15 is 0 Å². The number of fused-ring (bicyclic) bond motifs is 3. The number of aromatic nitrogens is 2. The zero-order chi connectivity index (χ0) is 18.8. The van der Waals surface area contributed by atoms with Crippen LogP contribution in [0.5, 0.6) is 11.5 Å². The van der Waals surface area contributed by atoms with Crippen molar-refractivity contribution in [2.45, 2.75) is 39.0 Å². The third kappa shape index (κ3) is 3.62. The van der Waals surface area contributed by atoms with Crippen LogP contribution in [0.4, 0.5) is 0 Å². The van der Waals surface area contributed by atoms with Crippen molar-refractivity contribution in [2.24, 2.45) is 0 Å². The van der Waals surface area contributed by atoms with Crippen LogP contribution >= 0.6 is 11.3 Å². The van der Waals surface area contributed by atoms with Gasteiger partial charge in [-0.15, -0.1) is 11.3 Å². The van der Waals surface area contributed by atoms with E-state index in [1.165, 1.54) is 23.3 Å². The predicted molar refractivity (Wildman–Crippen MR) is 110 cm³/mol. The van der Waals surface area contributed by atoms with Crippen LogP contribution in [0.1, 0.15) is 48.0 Å². The molecule has 1 aliphatic carbocycles. The molecule has 2 aromatic heterocycles. The largest absolute Gasteiger partial charge is 0.504 e. The molecular weight excluding hydrogens is 360 g/mol. The SMILES string of the molecule is CCOc1cc(/C=C/c2nc3sc4c(c3c(=O)[nH]2)CCCCC4)ccc1O. The highest BCUT2D eigenvalue weighted by atomic mass is 32.1. The molecule has 2 heterocycles. The van der Waals surface area contributed by atoms with Gasteiger partial charge in [0.25, 0.3) is 5.56 Å². The summed E-state index contributed by atoms with van der Waals surface area (Å²) in [6.45, 7) is 2.35. The molecule has 1 aromatic carbocycles. The fourth-order valence-electron chi connectivity index (χ4n) is 3.52. The van der Waals surface area contributed by atoms with Crippen LogP contribution in [-0.4, -0.2) is 21.7 Å². The third-order valence-corrected chi connectivity index (χ3v) is 6.00. The van der Waals surface area contributed by atoms with Gasteiger partial charge in [0.05, 0.1) is 12.0 Å². The molecule has 0 fully saturated rings. The number of hydrogen-bond donors (Lipinski definition) is 2. The first-order chi connectivity index (χ1) is 13.2. The van der Waals surface area contributed by atoms with Gasteiger partial charge in [0.2, 0.25) is 0 Å². The lowest BCUT2D eigenvalue weighted by Gasteiger charge is -2.06. The van der Waals surface area contributed by atoms with Gasteiger partial charge in [0, 0.05) is 4.88 Å². The maximum Gasteiger partial charge on any atom is 0.260 e. The van der Waals surface area contributed by atoms with Crippen molar-refractivity contribution >= 4 is 33.7 Å². The Bertz CT molecular complexity index is 1070. The number of hydrogen-bond acceptors (Lipinski definition) is 5. The van der Waals surface area contributed by atoms with Crippen LogP contribution in [0.3, 0.4) is 0 Å². The van der Waals surface area contributed by atoms with Crippen molar-refractivity contribution in [3.63, 3.8) is 0 Å². The molecule has 2 N–H and O–H groups in total. The number of ether oxygens (including phenoxy) is 1. The van der Waals surface area contributed by atoms with Crippen molar-refractivity contribution < 1.29 is 9.84 Å². The fourth-order valence-corrected chi connectivity index (χ4v) is 4.79. The van der Waals surface area contributed by atoms with Crippen LogP contribution in [0, 0.1) is 0 Å². The van der Waals surface area contributed by atoms with Crippen molar-refractivity contribution in [1.82, 2.24) is 9.97 Å². The van der Waals surface area contributed by atoms with E-state index in [0.717, 1.165) is 35.0 Å². The number of aromatic hydroxyl groups is 1. The summed E-state index contributed by atoms with van der Waals surface area (Å²) in [7, 11) is 0. The molecule has 5 nitrogen and oxygen atoms in total. The number of benzene rings is 1. The Kier molecular flexibility index (Phi) is 4.99. The molecule has 0 amide bonds. The molecule has 0 atom stereocenters. The van der Waals surface area contributed by atoms with Gasteiger partial charge >= 0.3 is 0 Å². The maximum atomic E-state index is 12.7. The normalized spacial score (nSPS) is 14.4. The smallest absolute Gasteiger partial charge is 0.260 e. The third-order valence-electron chi connectivity index (χ3n) is 4.81. The van der Waals surface area contributed by atoms with Crippen molar-refractivity contribution in [2.75, 3.05) is 6.61 Å². The Morgan fingerprint density at radius 3 is 2.96 bits per heavy atom. The van der Waals surface area contributed by atoms with Gasteiger partial charge in [0.1, 0.15) is 10.7 Å². The summed E-state index contributed by atoms with van der Waals surface area (Å²) in [5.41, 5.74) is 2.01. The molecule has 0 radical (unpaired) electrons. The monoisotopic (exact) mass is 382 g/mol. The minimum atomic E-state index is -0.0558. The molecule has 0 unspecified atom stereocenters. The first-order valence-corrected chi connectivity index (χ1v) is 10.2. The van der Waals surface area contributed by atoms with Gasteiger partial charge in [-0.1, -0.05) is 18.6 Å². The Morgan fingerprint density at radius 2 is 2.11 bits per heavy atom. The van der Waals surface area contributed by atoms with Gasteiger partial charge in [-0.25, -0.2) is 4.98 Å². The molecule has 0 saturated carbocycles. The van der Waals surface area contributed by atoms with E-state index in [1.807, 2.05) is 13.0 Å². The average Bonchev–Trinajstić information content (AvgIpc) is 2.84. The molecule has 27 heavy (non-hydrogen) atoms. The Morgan fingerprint density at radius 1 is 1.26 bits per heavy atom. The second-order valence-corrected chi connectivity index (χ2v) is 7.77. The summed E-state index contributed by atoms with van der Waals surface area (Å²) in [5.74, 6) is 1.09. The van der Waals surface area contributed by atoms with Crippen LogP contribution in [0.25, 0.3) is 22.4 Å². The van der Waals surface area contributed by atoms with Crippen molar-refractivity contribution in [3.05, 3.63) is 50.4 Å². The molecule has 0 bridgehead atoms. The van der Waals surface area contributed by atoms with Gasteiger partial charge < -0.3 is 14.8 Å². The Labute approximate surface area is 161 Å². The van der Waals surface area contributed by atoms with Gasteiger partial charge in [-0.2, -0.15) is 0 Å². The summed E-state index contributed by atoms with van der Waals surface area (Å²) in [4.78, 5) is 22.4. The number of nitrogens with zero attached hydrogens (tertiary/aromatic N) is 1. The average molecular weight is 382 g/mol. The van der Waals surface area contributed by atoms with E-state index in [2.05, 4.69) is 9.97 Å². The number of aromatic amines is 1. The number of phenols is 1. The summed E-state index contributed by atoms with van der Waals surface area (Å²) in [6.07, 6.45) is 9.22. The molecule has 0 spiro atoms. The Hall–Kier alpha value is -2.60. The van der Waals surface area contributed by atoms with E-state index in [0.29, 0.717) is 18.2 Å². The van der Waals surface area contributed by atoms with E-state index in [4.69, 9.17) is 4.74 Å². The highest BCUT2D eigenvalue weighted by Crippen LogP contribution is 2.33. The number of phenolic OH excluding ortho intramolecular Hbond substituents is 1. The minimum absolute atomic E-state index is 0.0558. The highest BCUT2D eigenvalue weighted by Gasteiger charge is 2.18. The lowest BCUT2D eigenvalue weighted by molar-refractivity contribution is 0.318. The molecule has 0 aliphatic heterocycles. The fraction of sp³-hybridized carbons (Fsp3) is 0.333. The first-order valence-electron chi connectivity index (χ1n) is 9.34. The predicted octanol–water partition coefficient (Wildman–Crippen LogP) is 4.53. The molecule has 3 aromatic rings. The molecular formula is C21H22N2O3S. The van der Waals surface area contributed by atoms with E-state index in [9.17, 15) is 9.90 Å². The molecule has 0 saturated heterocycles. The first kappa shape index (κ1) is 17.8. The maximum absolute atomic E-state index is 12.7. The number of rotatable bonds is 4. The van der Waals surface area contributed by atoms with Crippen LogP contribution < -0.4 is 10.3 Å². The highest BCUT2D eigenvalue weighted by molar-refractivity contribution is 7.18. The van der Waals surface area contributed by atoms with Gasteiger partial charge in [0.15, 0.2) is 11.5 Å². The van der Waals surface area contributed by atoms with Crippen LogP contribution in [-0.2, 0) is 12.8 Å². The zero-order valence-corrected chi connectivity index (χ0v) is 16.1. The molecule has 4 rings (SSSR count). The quantitative estimate of drug-likeness (QED) is 0.650. The van der Waals surface area contributed by atoms with E-state index in [-0.39, 0.29) is 11.3 Å². The second-order valence-electron chi connectivity index (χ2n) is 6.69. The second kappa shape index (κ2) is 7.56. The van der Waals surface area contributed by atoms with Gasteiger partial charge in [-0.05, 0) is 61.9 Å². The Balaban J connectivity index is 1.68. The summed E-state index contributed by atoms with van der Waals surface area (Å²) >= 11 is 1.66. The molecule has 6 heteroatoms. The standard InChI is InChI=1S/C21H22N2O3S/c1-2-26-16-12-13(8-10-15(16)24)9-11-18-22-20(25)19-14-6-4-3-5-7-17(14)27-21(19)23-18/h8-12,24H,2-7H2,1H3,(H,22,23,25)/b11-9+. The lowest BCUT2D eigenvalue weighted by atomic mass is 10.1. The number of nitrogens with one attached hydrogen (secondary N) is 1. The van der Waals surface area contributed by atoms with E-state index < -0.39 is 0 Å².